The largest absolute Gasteiger partial charge is 0.481 e. The molecule has 2 N–H and O–H groups in total. The number of rotatable bonds is 7. The van der Waals surface area contributed by atoms with Crippen LogP contribution in [0.1, 0.15) is 84.8 Å². The van der Waals surface area contributed by atoms with Crippen molar-refractivity contribution in [3.05, 3.63) is 80.4 Å². The van der Waals surface area contributed by atoms with Gasteiger partial charge in [-0.05, 0) is 93.2 Å². The van der Waals surface area contributed by atoms with Gasteiger partial charge in [-0.15, -0.1) is 0 Å². The van der Waals surface area contributed by atoms with Crippen molar-refractivity contribution in [1.29, 1.82) is 0 Å². The second-order valence-electron chi connectivity index (χ2n) is 12.7. The summed E-state index contributed by atoms with van der Waals surface area (Å²) in [6.45, 7) is 2.09. The first-order chi connectivity index (χ1) is 23.1. The Morgan fingerprint density at radius 1 is 1.08 bits per heavy atom. The van der Waals surface area contributed by atoms with Crippen LogP contribution in [0.25, 0.3) is 11.1 Å². The molecule has 0 aliphatic carbocycles. The van der Waals surface area contributed by atoms with E-state index >= 15 is 4.39 Å². The van der Waals surface area contributed by atoms with Gasteiger partial charge < -0.3 is 20.1 Å². The zero-order chi connectivity index (χ0) is 36.0. The number of alkyl halides is 3. The van der Waals surface area contributed by atoms with Gasteiger partial charge in [-0.1, -0.05) is 25.7 Å². The molecule has 49 heavy (non-hydrogen) atoms. The second-order valence-corrected chi connectivity index (χ2v) is 12.7. The molecule has 9 nitrogen and oxygen atoms in total. The van der Waals surface area contributed by atoms with Crippen LogP contribution >= 0.6 is 0 Å². The standard InChI is InChI=1S/C35H41F5N4O5/c1-20-14-24(36)15-21-10-8-6-5-7-9-11-28(44-19-22(12-13-43(2)3)33(49-4)42-34(44)48)32(47)41-27(18-29(45)46)25-16-23(30(20)21)17-26(31(25)37)35(38,39)40/h14-17,19,27-28H,5-13,18H2,1-4H3,(H,41,47)(H,45,46)/t27-,28-/m0/s1. The fourth-order valence-electron chi connectivity index (χ4n) is 6.35. The van der Waals surface area contributed by atoms with E-state index in [1.54, 1.807) is 0 Å². The second kappa shape index (κ2) is 15.9. The van der Waals surface area contributed by atoms with Crippen LogP contribution in [0.5, 0.6) is 5.88 Å². The van der Waals surface area contributed by atoms with E-state index < -0.39 is 65.0 Å². The average molecular weight is 693 g/mol. The Bertz CT molecular complexity index is 1740. The van der Waals surface area contributed by atoms with Crippen LogP contribution in [0.4, 0.5) is 22.0 Å². The molecule has 2 aromatic carbocycles. The molecule has 1 aliphatic heterocycles. The highest BCUT2D eigenvalue weighted by Gasteiger charge is 2.38. The van der Waals surface area contributed by atoms with Crippen molar-refractivity contribution in [2.45, 2.75) is 83.0 Å². The van der Waals surface area contributed by atoms with E-state index in [1.165, 1.54) is 32.4 Å². The highest BCUT2D eigenvalue weighted by Crippen LogP contribution is 2.40. The minimum Gasteiger partial charge on any atom is -0.481 e. The predicted octanol–water partition coefficient (Wildman–Crippen LogP) is 6.40. The van der Waals surface area contributed by atoms with Gasteiger partial charge in [0.05, 0.1) is 25.1 Å². The number of carboxylic acid groups (broad SMARTS) is 1. The first-order valence-electron chi connectivity index (χ1n) is 16.1. The number of hydrogen-bond donors (Lipinski definition) is 2. The molecule has 2 atom stereocenters. The smallest absolute Gasteiger partial charge is 0.419 e. The van der Waals surface area contributed by atoms with Gasteiger partial charge >= 0.3 is 17.8 Å². The fourth-order valence-corrected chi connectivity index (χ4v) is 6.35. The summed E-state index contributed by atoms with van der Waals surface area (Å²) in [6, 6.07) is 1.13. The SMILES string of the molecule is COc1nc(=O)n([C@H]2CCCCCCCc3cc(F)cc(C)c3-c3cc(c(F)c(C(F)(F)F)c3)[C@H](CC(=O)O)NC2=O)cc1CCN(C)C. The Labute approximate surface area is 281 Å². The van der Waals surface area contributed by atoms with Gasteiger partial charge in [-0.2, -0.15) is 18.2 Å². The summed E-state index contributed by atoms with van der Waals surface area (Å²) in [7, 11) is 5.06. The molecule has 3 aromatic rings. The lowest BCUT2D eigenvalue weighted by Gasteiger charge is -2.26. The van der Waals surface area contributed by atoms with Crippen molar-refractivity contribution in [2.75, 3.05) is 27.7 Å². The molecule has 14 heteroatoms. The van der Waals surface area contributed by atoms with Crippen LogP contribution in [0.3, 0.4) is 0 Å². The Morgan fingerprint density at radius 3 is 2.43 bits per heavy atom. The normalized spacial score (nSPS) is 17.8. The molecule has 1 aromatic heterocycles. The average Bonchev–Trinajstić information content (AvgIpc) is 3.00. The first kappa shape index (κ1) is 37.5. The number of fused-ring (bicyclic) bond motifs is 4. The summed E-state index contributed by atoms with van der Waals surface area (Å²) >= 11 is 0. The summed E-state index contributed by atoms with van der Waals surface area (Å²) < 4.78 is 79.9. The summed E-state index contributed by atoms with van der Waals surface area (Å²) in [6.07, 6.45) is -0.722. The molecule has 0 fully saturated rings. The van der Waals surface area contributed by atoms with Gasteiger partial charge in [0.15, 0.2) is 0 Å². The fraction of sp³-hybridized carbons (Fsp3) is 0.486. The number of nitrogens with one attached hydrogen (secondary N) is 1. The Kier molecular flexibility index (Phi) is 12.2. The Morgan fingerprint density at radius 2 is 1.78 bits per heavy atom. The molecule has 0 saturated carbocycles. The van der Waals surface area contributed by atoms with Crippen LogP contribution < -0.4 is 15.7 Å². The number of carbonyl (C=O) groups excluding carboxylic acids is 1. The summed E-state index contributed by atoms with van der Waals surface area (Å²) in [4.78, 5) is 45.3. The highest BCUT2D eigenvalue weighted by molar-refractivity contribution is 5.82. The van der Waals surface area contributed by atoms with Gasteiger partial charge in [0, 0.05) is 23.9 Å². The molecule has 0 radical (unpaired) electrons. The molecule has 1 aliphatic rings. The molecule has 0 saturated heterocycles. The quantitative estimate of drug-likeness (QED) is 0.276. The zero-order valence-electron chi connectivity index (χ0n) is 27.9. The number of amides is 1. The van der Waals surface area contributed by atoms with Crippen LogP contribution in [0, 0.1) is 18.6 Å². The number of aromatic nitrogens is 2. The number of hydrogen-bond acceptors (Lipinski definition) is 6. The molecule has 266 valence electrons. The summed E-state index contributed by atoms with van der Waals surface area (Å²) in [5.41, 5.74) is -1.71. The van der Waals surface area contributed by atoms with E-state index in [9.17, 15) is 37.1 Å². The van der Waals surface area contributed by atoms with Crippen molar-refractivity contribution in [1.82, 2.24) is 19.8 Å². The van der Waals surface area contributed by atoms with Crippen LogP contribution in [0.2, 0.25) is 0 Å². The molecule has 2 heterocycles. The summed E-state index contributed by atoms with van der Waals surface area (Å²) in [5, 5.41) is 12.2. The predicted molar refractivity (Wildman–Crippen MR) is 172 cm³/mol. The number of aliphatic carboxylic acids is 1. The third kappa shape index (κ3) is 9.22. The van der Waals surface area contributed by atoms with Crippen LogP contribution in [-0.4, -0.2) is 59.2 Å². The van der Waals surface area contributed by atoms with E-state index in [2.05, 4.69) is 10.3 Å². The minimum atomic E-state index is -5.19. The molecule has 0 spiro atoms. The van der Waals surface area contributed by atoms with Gasteiger partial charge in [0.25, 0.3) is 0 Å². The van der Waals surface area contributed by atoms with Crippen molar-refractivity contribution in [3.8, 4) is 17.0 Å². The van der Waals surface area contributed by atoms with Crippen molar-refractivity contribution >= 4 is 11.9 Å². The lowest BCUT2D eigenvalue weighted by atomic mass is 9.87. The molecule has 4 rings (SSSR count). The lowest BCUT2D eigenvalue weighted by molar-refractivity contribution is -0.140. The number of halogens is 5. The number of ether oxygens (including phenoxy) is 1. The van der Waals surface area contributed by atoms with Crippen molar-refractivity contribution in [3.63, 3.8) is 0 Å². The van der Waals surface area contributed by atoms with Crippen LogP contribution in [0.15, 0.2) is 35.3 Å². The lowest BCUT2D eigenvalue weighted by Crippen LogP contribution is -2.41. The van der Waals surface area contributed by atoms with Crippen molar-refractivity contribution < 1.29 is 41.4 Å². The van der Waals surface area contributed by atoms with Crippen molar-refractivity contribution in [2.24, 2.45) is 0 Å². The van der Waals surface area contributed by atoms with Crippen LogP contribution in [-0.2, 0) is 28.6 Å². The monoisotopic (exact) mass is 692 g/mol. The number of benzene rings is 2. The number of nitrogens with zero attached hydrogens (tertiary/aromatic N) is 3. The maximum atomic E-state index is 15.9. The van der Waals surface area contributed by atoms with E-state index in [-0.39, 0.29) is 23.4 Å². The van der Waals surface area contributed by atoms with Gasteiger partial charge in [-0.3, -0.25) is 14.2 Å². The number of methoxy groups -OCH3 is 1. The minimum absolute atomic E-state index is 0.0782. The highest BCUT2D eigenvalue weighted by atomic mass is 19.4. The van der Waals surface area contributed by atoms with E-state index in [0.29, 0.717) is 67.8 Å². The maximum absolute atomic E-state index is 15.9. The van der Waals surface area contributed by atoms with E-state index in [4.69, 9.17) is 4.74 Å². The number of carboxylic acids is 1. The van der Waals surface area contributed by atoms with E-state index in [1.807, 2.05) is 19.0 Å². The third-order valence-corrected chi connectivity index (χ3v) is 8.72. The third-order valence-electron chi connectivity index (χ3n) is 8.72. The molecular formula is C35H41F5N4O5. The van der Waals surface area contributed by atoms with E-state index in [0.717, 1.165) is 17.1 Å². The molecular weight excluding hydrogens is 651 g/mol. The van der Waals surface area contributed by atoms with Gasteiger partial charge in [0.2, 0.25) is 11.8 Å². The maximum Gasteiger partial charge on any atom is 0.419 e. The van der Waals surface area contributed by atoms with Gasteiger partial charge in [0.1, 0.15) is 17.7 Å². The topological polar surface area (TPSA) is 114 Å². The Balaban J connectivity index is 1.92. The Hall–Kier alpha value is -4.33. The molecule has 1 amide bonds. The molecule has 0 unspecified atom stereocenters. The zero-order valence-corrected chi connectivity index (χ0v) is 27.9. The first-order valence-corrected chi connectivity index (χ1v) is 16.1. The number of aryl methyl sites for hydroxylation is 2. The van der Waals surface area contributed by atoms with Gasteiger partial charge in [-0.25, -0.2) is 13.6 Å². The number of carbonyl (C=O) groups is 2. The number of likely N-dealkylation sites (N-methyl/N-ethyl adjacent to an activating group) is 1. The molecule has 2 bridgehead atoms. The summed E-state index contributed by atoms with van der Waals surface area (Å²) in [5.74, 6) is -4.63.